The molecule has 5 nitrogen and oxygen atoms in total. The number of amides is 2. The van der Waals surface area contributed by atoms with Gasteiger partial charge < -0.3 is 16.0 Å². The van der Waals surface area contributed by atoms with Crippen LogP contribution in [0.5, 0.6) is 0 Å². The molecule has 1 saturated heterocycles. The molecule has 3 unspecified atom stereocenters. The molecule has 3 atom stereocenters. The highest BCUT2D eigenvalue weighted by Crippen LogP contribution is 2.33. The van der Waals surface area contributed by atoms with E-state index >= 15 is 0 Å². The van der Waals surface area contributed by atoms with Crippen molar-refractivity contribution in [1.82, 2.24) is 4.90 Å². The minimum atomic E-state index is -0.480. The molecule has 1 aromatic rings. The number of carbonyl (C=O) groups is 2. The maximum absolute atomic E-state index is 12.8. The lowest BCUT2D eigenvalue weighted by molar-refractivity contribution is -0.122. The molecular weight excluding hydrogens is 397 g/mol. The van der Waals surface area contributed by atoms with Gasteiger partial charge in [-0.1, -0.05) is 24.4 Å². The lowest BCUT2D eigenvalue weighted by atomic mass is 9.74. The molecule has 1 aliphatic carbocycles. The Morgan fingerprint density at radius 1 is 1.21 bits per heavy atom. The number of carbonyl (C=O) groups excluding carboxylic acids is 2. The molecule has 3 rings (SSSR count). The summed E-state index contributed by atoms with van der Waals surface area (Å²) in [5, 5.41) is 3.30. The zero-order valence-corrected chi connectivity index (χ0v) is 18.2. The second-order valence-corrected chi connectivity index (χ2v) is 8.74. The van der Waals surface area contributed by atoms with Crippen LogP contribution >= 0.6 is 24.0 Å². The Morgan fingerprint density at radius 2 is 1.93 bits per heavy atom. The van der Waals surface area contributed by atoms with E-state index < -0.39 is 5.54 Å². The van der Waals surface area contributed by atoms with Crippen molar-refractivity contribution in [1.29, 1.82) is 0 Å². The molecule has 2 amide bonds. The van der Waals surface area contributed by atoms with E-state index in [0.29, 0.717) is 16.3 Å². The van der Waals surface area contributed by atoms with Crippen LogP contribution in [0.2, 0.25) is 5.02 Å². The Bertz CT molecular complexity index is 724. The van der Waals surface area contributed by atoms with Gasteiger partial charge in [0.05, 0.1) is 16.5 Å². The van der Waals surface area contributed by atoms with Crippen molar-refractivity contribution in [2.75, 3.05) is 11.9 Å². The number of halogens is 2. The number of nitrogens with one attached hydrogen (secondary N) is 1. The second kappa shape index (κ2) is 9.47. The summed E-state index contributed by atoms with van der Waals surface area (Å²) in [5.74, 6) is -0.313. The maximum atomic E-state index is 12.8. The quantitative estimate of drug-likeness (QED) is 0.738. The van der Waals surface area contributed by atoms with Crippen LogP contribution in [0, 0.1) is 5.92 Å². The third-order valence-corrected chi connectivity index (χ3v) is 6.41. The molecule has 2 aliphatic rings. The monoisotopic (exact) mass is 427 g/mol. The van der Waals surface area contributed by atoms with Crippen molar-refractivity contribution in [3.63, 3.8) is 0 Å². The molecular formula is C21H31Cl2N3O2. The highest BCUT2D eigenvalue weighted by molar-refractivity contribution is 6.34. The summed E-state index contributed by atoms with van der Waals surface area (Å²) in [5.41, 5.74) is 6.95. The van der Waals surface area contributed by atoms with Gasteiger partial charge in [0.15, 0.2) is 0 Å². The van der Waals surface area contributed by atoms with E-state index in [9.17, 15) is 9.59 Å². The maximum Gasteiger partial charge on any atom is 0.255 e. The predicted molar refractivity (Wildman–Crippen MR) is 116 cm³/mol. The SMILES string of the molecule is CC1CCCCN1C(=O)c1ccc(NC(=O)C2CCCCC2(C)N)cc1Cl.Cl. The third kappa shape index (κ3) is 5.00. The lowest BCUT2D eigenvalue weighted by Crippen LogP contribution is -2.51. The second-order valence-electron chi connectivity index (χ2n) is 8.33. The number of likely N-dealkylation sites (tertiary alicyclic amines) is 1. The van der Waals surface area contributed by atoms with Crippen LogP contribution < -0.4 is 11.1 Å². The summed E-state index contributed by atoms with van der Waals surface area (Å²) in [4.78, 5) is 27.4. The van der Waals surface area contributed by atoms with Crippen LogP contribution in [0.15, 0.2) is 18.2 Å². The number of benzene rings is 1. The first-order chi connectivity index (χ1) is 12.8. The number of nitrogens with two attached hydrogens (primary N) is 1. The van der Waals surface area contributed by atoms with Crippen LogP contribution in [0.4, 0.5) is 5.69 Å². The van der Waals surface area contributed by atoms with Crippen molar-refractivity contribution >= 4 is 41.5 Å². The normalized spacial score (nSPS) is 27.6. The summed E-state index contributed by atoms with van der Waals surface area (Å²) < 4.78 is 0. The molecule has 3 N–H and O–H groups in total. The molecule has 0 spiro atoms. The van der Waals surface area contributed by atoms with Gasteiger partial charge in [-0.05, 0) is 64.2 Å². The van der Waals surface area contributed by atoms with Crippen molar-refractivity contribution in [2.45, 2.75) is 70.4 Å². The molecule has 7 heteroatoms. The van der Waals surface area contributed by atoms with Gasteiger partial charge in [-0.2, -0.15) is 0 Å². The number of piperidine rings is 1. The number of nitrogens with zero attached hydrogens (tertiary/aromatic N) is 1. The standard InChI is InChI=1S/C21H30ClN3O2.ClH/c1-14-7-4-6-12-25(14)20(27)16-10-9-15(13-18(16)22)24-19(26)17-8-3-5-11-21(17,2)23;/h9-10,13-14,17H,3-8,11-12,23H2,1-2H3,(H,24,26);1H. The lowest BCUT2D eigenvalue weighted by Gasteiger charge is -2.37. The van der Waals surface area contributed by atoms with Gasteiger partial charge in [-0.15, -0.1) is 12.4 Å². The van der Waals surface area contributed by atoms with Gasteiger partial charge in [-0.3, -0.25) is 9.59 Å². The average molecular weight is 428 g/mol. The number of hydrogen-bond acceptors (Lipinski definition) is 3. The minimum Gasteiger partial charge on any atom is -0.336 e. The Morgan fingerprint density at radius 3 is 2.57 bits per heavy atom. The molecule has 1 saturated carbocycles. The van der Waals surface area contributed by atoms with Crippen LogP contribution in [0.1, 0.15) is 69.2 Å². The molecule has 28 heavy (non-hydrogen) atoms. The van der Waals surface area contributed by atoms with Gasteiger partial charge in [0.2, 0.25) is 5.91 Å². The number of rotatable bonds is 3. The van der Waals surface area contributed by atoms with Crippen molar-refractivity contribution < 1.29 is 9.59 Å². The molecule has 0 aromatic heterocycles. The van der Waals surface area contributed by atoms with Crippen LogP contribution in [0.3, 0.4) is 0 Å². The van der Waals surface area contributed by atoms with Gasteiger partial charge >= 0.3 is 0 Å². The van der Waals surface area contributed by atoms with Gasteiger partial charge in [0, 0.05) is 23.8 Å². The average Bonchev–Trinajstić information content (AvgIpc) is 2.61. The van der Waals surface area contributed by atoms with Crippen LogP contribution in [-0.2, 0) is 4.79 Å². The van der Waals surface area contributed by atoms with E-state index in [2.05, 4.69) is 12.2 Å². The zero-order chi connectivity index (χ0) is 19.6. The summed E-state index contributed by atoms with van der Waals surface area (Å²) in [6.45, 7) is 4.80. The van der Waals surface area contributed by atoms with Crippen molar-refractivity contribution in [3.05, 3.63) is 28.8 Å². The first kappa shape index (κ1) is 23.0. The number of anilines is 1. The fourth-order valence-electron chi connectivity index (χ4n) is 4.34. The molecule has 0 bridgehead atoms. The fraction of sp³-hybridized carbons (Fsp3) is 0.619. The van der Waals surface area contributed by atoms with E-state index in [4.69, 9.17) is 17.3 Å². The first-order valence-electron chi connectivity index (χ1n) is 10.00. The highest BCUT2D eigenvalue weighted by Gasteiger charge is 2.37. The van der Waals surface area contributed by atoms with Gasteiger partial charge in [0.25, 0.3) is 5.91 Å². The summed E-state index contributed by atoms with van der Waals surface area (Å²) in [6, 6.07) is 5.36. The first-order valence-corrected chi connectivity index (χ1v) is 10.4. The van der Waals surface area contributed by atoms with E-state index in [-0.39, 0.29) is 36.2 Å². The molecule has 156 valence electrons. The smallest absolute Gasteiger partial charge is 0.255 e. The summed E-state index contributed by atoms with van der Waals surface area (Å²) in [7, 11) is 0. The molecule has 2 fully saturated rings. The van der Waals surface area contributed by atoms with Crippen LogP contribution in [0.25, 0.3) is 0 Å². The Hall–Kier alpha value is -1.30. The Balaban J connectivity index is 0.00000280. The Kier molecular flexibility index (Phi) is 7.77. The minimum absolute atomic E-state index is 0. The van der Waals surface area contributed by atoms with Crippen molar-refractivity contribution in [2.24, 2.45) is 11.7 Å². The molecule has 1 heterocycles. The van der Waals surface area contributed by atoms with Crippen LogP contribution in [-0.4, -0.2) is 34.8 Å². The topological polar surface area (TPSA) is 75.4 Å². The van der Waals surface area contributed by atoms with E-state index in [1.807, 2.05) is 11.8 Å². The van der Waals surface area contributed by atoms with E-state index in [1.165, 1.54) is 0 Å². The third-order valence-electron chi connectivity index (χ3n) is 6.10. The zero-order valence-electron chi connectivity index (χ0n) is 16.7. The van der Waals surface area contributed by atoms with E-state index in [1.54, 1.807) is 18.2 Å². The summed E-state index contributed by atoms with van der Waals surface area (Å²) >= 11 is 6.39. The van der Waals surface area contributed by atoms with Gasteiger partial charge in [-0.25, -0.2) is 0 Å². The fourth-order valence-corrected chi connectivity index (χ4v) is 4.60. The highest BCUT2D eigenvalue weighted by atomic mass is 35.5. The summed E-state index contributed by atoms with van der Waals surface area (Å²) in [6.07, 6.45) is 6.95. The molecule has 1 aromatic carbocycles. The largest absolute Gasteiger partial charge is 0.336 e. The number of hydrogen-bond donors (Lipinski definition) is 2. The van der Waals surface area contributed by atoms with Gasteiger partial charge in [0.1, 0.15) is 0 Å². The molecule has 1 aliphatic heterocycles. The van der Waals surface area contributed by atoms with E-state index in [0.717, 1.165) is 51.5 Å². The molecule has 0 radical (unpaired) electrons. The van der Waals surface area contributed by atoms with Crippen molar-refractivity contribution in [3.8, 4) is 0 Å². The Labute approximate surface area is 178 Å². The predicted octanol–water partition coefficient (Wildman–Crippen LogP) is 4.62.